The quantitative estimate of drug-likeness (QED) is 0.574. The normalized spacial score (nSPS) is 12.8. The van der Waals surface area contributed by atoms with Crippen molar-refractivity contribution in [2.45, 2.75) is 19.4 Å². The molecule has 1 atom stereocenters. The molecule has 0 bridgehead atoms. The molecule has 6 nitrogen and oxygen atoms in total. The molecular weight excluding hydrogens is 176 g/mol. The number of rotatable bonds is 3. The average molecular weight is 186 g/mol. The van der Waals surface area contributed by atoms with Crippen LogP contribution in [0.4, 0.5) is 0 Å². The molecule has 0 unspecified atom stereocenters. The fourth-order valence-corrected chi connectivity index (χ4v) is 0.886. The van der Waals surface area contributed by atoms with Crippen molar-refractivity contribution in [1.82, 2.24) is 5.16 Å². The van der Waals surface area contributed by atoms with Crippen LogP contribution in [-0.2, 0) is 11.2 Å². The number of nitrogens with two attached hydrogens (primary N) is 1. The fourth-order valence-electron chi connectivity index (χ4n) is 0.886. The zero-order valence-corrected chi connectivity index (χ0v) is 7.03. The maximum Gasteiger partial charge on any atom is 0.360 e. The molecule has 0 aliphatic heterocycles. The van der Waals surface area contributed by atoms with Crippen LogP contribution in [0.15, 0.2) is 9.32 Å². The van der Waals surface area contributed by atoms with Crippen LogP contribution in [-0.4, -0.2) is 22.3 Å². The summed E-state index contributed by atoms with van der Waals surface area (Å²) in [5.41, 5.74) is 5.57. The van der Waals surface area contributed by atoms with Crippen LogP contribution in [0.5, 0.6) is 0 Å². The van der Waals surface area contributed by atoms with Crippen molar-refractivity contribution in [3.05, 3.63) is 21.7 Å². The first-order chi connectivity index (χ1) is 6.02. The number of H-pyrrole nitrogens is 1. The molecule has 1 rings (SSSR count). The highest BCUT2D eigenvalue weighted by molar-refractivity contribution is 5.73. The Labute approximate surface area is 73.3 Å². The number of carbonyl (C=O) groups is 1. The van der Waals surface area contributed by atoms with E-state index < -0.39 is 17.6 Å². The van der Waals surface area contributed by atoms with Gasteiger partial charge in [-0.1, -0.05) is 0 Å². The third kappa shape index (κ3) is 1.97. The SMILES string of the molecule is Cc1c(C[C@@H](N)C(=O)O)[nH]oc1=O. The van der Waals surface area contributed by atoms with E-state index >= 15 is 0 Å². The Bertz CT molecular complexity index is 365. The Morgan fingerprint density at radius 3 is 2.77 bits per heavy atom. The van der Waals surface area contributed by atoms with Crippen molar-refractivity contribution in [3.63, 3.8) is 0 Å². The van der Waals surface area contributed by atoms with E-state index in [2.05, 4.69) is 9.68 Å². The fraction of sp³-hybridized carbons (Fsp3) is 0.429. The summed E-state index contributed by atoms with van der Waals surface area (Å²) in [6, 6.07) is -1.02. The minimum Gasteiger partial charge on any atom is -0.480 e. The Kier molecular flexibility index (Phi) is 2.52. The highest BCUT2D eigenvalue weighted by atomic mass is 16.5. The van der Waals surface area contributed by atoms with Gasteiger partial charge in [0.05, 0.1) is 11.3 Å². The van der Waals surface area contributed by atoms with Crippen LogP contribution >= 0.6 is 0 Å². The molecule has 0 amide bonds. The molecule has 0 aliphatic rings. The van der Waals surface area contributed by atoms with Gasteiger partial charge in [-0.15, -0.1) is 0 Å². The third-order valence-corrected chi connectivity index (χ3v) is 1.77. The summed E-state index contributed by atoms with van der Waals surface area (Å²) < 4.78 is 4.45. The molecule has 1 heterocycles. The lowest BCUT2D eigenvalue weighted by Crippen LogP contribution is -2.32. The van der Waals surface area contributed by atoms with E-state index in [0.29, 0.717) is 11.3 Å². The van der Waals surface area contributed by atoms with Gasteiger partial charge >= 0.3 is 11.6 Å². The van der Waals surface area contributed by atoms with Crippen molar-refractivity contribution in [1.29, 1.82) is 0 Å². The van der Waals surface area contributed by atoms with Gasteiger partial charge in [0.2, 0.25) is 0 Å². The first-order valence-electron chi connectivity index (χ1n) is 3.67. The van der Waals surface area contributed by atoms with Crippen LogP contribution in [0.2, 0.25) is 0 Å². The number of aromatic nitrogens is 1. The molecule has 0 fully saturated rings. The molecule has 1 aromatic rings. The maximum absolute atomic E-state index is 10.8. The maximum atomic E-state index is 10.8. The Morgan fingerprint density at radius 2 is 2.38 bits per heavy atom. The Hall–Kier alpha value is -1.56. The predicted octanol–water partition coefficient (Wildman–Crippen LogP) is -0.769. The van der Waals surface area contributed by atoms with Crippen molar-refractivity contribution >= 4 is 5.97 Å². The summed E-state index contributed by atoms with van der Waals surface area (Å²) in [5.74, 6) is -1.11. The van der Waals surface area contributed by atoms with Gasteiger partial charge in [-0.2, -0.15) is 0 Å². The second-order valence-corrected chi connectivity index (χ2v) is 2.74. The van der Waals surface area contributed by atoms with Gasteiger partial charge in [-0.25, -0.2) is 9.95 Å². The smallest absolute Gasteiger partial charge is 0.360 e. The highest BCUT2D eigenvalue weighted by Gasteiger charge is 2.16. The summed E-state index contributed by atoms with van der Waals surface area (Å²) in [4.78, 5) is 21.2. The predicted molar refractivity (Wildman–Crippen MR) is 43.4 cm³/mol. The van der Waals surface area contributed by atoms with Gasteiger partial charge in [0.1, 0.15) is 6.04 Å². The summed E-state index contributed by atoms with van der Waals surface area (Å²) in [6.45, 7) is 1.55. The summed E-state index contributed by atoms with van der Waals surface area (Å²) >= 11 is 0. The zero-order valence-electron chi connectivity index (χ0n) is 7.03. The van der Waals surface area contributed by atoms with Gasteiger partial charge in [0.15, 0.2) is 0 Å². The summed E-state index contributed by atoms with van der Waals surface area (Å²) in [7, 11) is 0. The first kappa shape index (κ1) is 9.53. The number of nitrogens with one attached hydrogen (secondary N) is 1. The molecule has 0 aliphatic carbocycles. The highest BCUT2D eigenvalue weighted by Crippen LogP contribution is 2.01. The molecule has 0 aromatic carbocycles. The topological polar surface area (TPSA) is 109 Å². The second kappa shape index (κ2) is 3.44. The lowest BCUT2D eigenvalue weighted by molar-refractivity contribution is -0.138. The summed E-state index contributed by atoms with van der Waals surface area (Å²) in [6.07, 6.45) is 0.0624. The standard InChI is InChI=1S/C7H10N2O4/c1-3-5(9-13-7(3)12)2-4(8)6(10)11/h4,9H,2,8H2,1H3,(H,10,11)/t4-/m1/s1. The average Bonchev–Trinajstić information content (AvgIpc) is 2.36. The van der Waals surface area contributed by atoms with E-state index in [0.717, 1.165) is 0 Å². The van der Waals surface area contributed by atoms with Gasteiger partial charge < -0.3 is 15.4 Å². The van der Waals surface area contributed by atoms with E-state index in [9.17, 15) is 9.59 Å². The van der Waals surface area contributed by atoms with E-state index in [1.807, 2.05) is 0 Å². The van der Waals surface area contributed by atoms with E-state index in [1.165, 1.54) is 0 Å². The van der Waals surface area contributed by atoms with Crippen LogP contribution < -0.4 is 11.4 Å². The number of carboxylic acid groups (broad SMARTS) is 1. The van der Waals surface area contributed by atoms with Gasteiger partial charge in [-0.3, -0.25) is 4.79 Å². The van der Waals surface area contributed by atoms with E-state index in [-0.39, 0.29) is 6.42 Å². The van der Waals surface area contributed by atoms with Gasteiger partial charge in [0.25, 0.3) is 0 Å². The van der Waals surface area contributed by atoms with Crippen molar-refractivity contribution in [2.24, 2.45) is 5.73 Å². The molecule has 0 saturated carbocycles. The van der Waals surface area contributed by atoms with Crippen molar-refractivity contribution < 1.29 is 14.4 Å². The monoisotopic (exact) mass is 186 g/mol. The Balaban J connectivity index is 2.80. The minimum atomic E-state index is -1.11. The number of aliphatic carboxylic acids is 1. The van der Waals surface area contributed by atoms with Gasteiger partial charge in [0, 0.05) is 6.42 Å². The third-order valence-electron chi connectivity index (χ3n) is 1.77. The molecular formula is C7H10N2O4. The lowest BCUT2D eigenvalue weighted by Gasteiger charge is -2.03. The Morgan fingerprint density at radius 1 is 1.77 bits per heavy atom. The van der Waals surface area contributed by atoms with Gasteiger partial charge in [-0.05, 0) is 6.92 Å². The number of carboxylic acids is 1. The minimum absolute atomic E-state index is 0.0624. The zero-order chi connectivity index (χ0) is 10.0. The molecule has 1 aromatic heterocycles. The number of hydrogen-bond donors (Lipinski definition) is 3. The number of aromatic amines is 1. The molecule has 6 heteroatoms. The van der Waals surface area contributed by atoms with Crippen LogP contribution in [0.1, 0.15) is 11.3 Å². The lowest BCUT2D eigenvalue weighted by atomic mass is 10.1. The van der Waals surface area contributed by atoms with Crippen LogP contribution in [0.3, 0.4) is 0 Å². The molecule has 72 valence electrons. The second-order valence-electron chi connectivity index (χ2n) is 2.74. The molecule has 0 spiro atoms. The summed E-state index contributed by atoms with van der Waals surface area (Å²) in [5, 5.41) is 10.8. The van der Waals surface area contributed by atoms with Crippen molar-refractivity contribution in [2.75, 3.05) is 0 Å². The largest absolute Gasteiger partial charge is 0.480 e. The van der Waals surface area contributed by atoms with E-state index in [1.54, 1.807) is 6.92 Å². The molecule has 4 N–H and O–H groups in total. The molecule has 0 radical (unpaired) electrons. The van der Waals surface area contributed by atoms with Crippen LogP contribution in [0, 0.1) is 6.92 Å². The van der Waals surface area contributed by atoms with Crippen molar-refractivity contribution in [3.8, 4) is 0 Å². The molecule has 13 heavy (non-hydrogen) atoms. The van der Waals surface area contributed by atoms with E-state index in [4.69, 9.17) is 10.8 Å². The number of hydrogen-bond acceptors (Lipinski definition) is 4. The first-order valence-corrected chi connectivity index (χ1v) is 3.67. The van der Waals surface area contributed by atoms with Crippen LogP contribution in [0.25, 0.3) is 0 Å². The molecule has 0 saturated heterocycles.